The Labute approximate surface area is 178 Å². The van der Waals surface area contributed by atoms with Gasteiger partial charge in [-0.3, -0.25) is 19.7 Å². The van der Waals surface area contributed by atoms with E-state index >= 15 is 0 Å². The summed E-state index contributed by atoms with van der Waals surface area (Å²) in [6, 6.07) is 8.34. The van der Waals surface area contributed by atoms with Crippen molar-refractivity contribution in [3.8, 4) is 11.5 Å². The van der Waals surface area contributed by atoms with Gasteiger partial charge in [-0.1, -0.05) is 6.07 Å². The fourth-order valence-corrected chi connectivity index (χ4v) is 2.80. The van der Waals surface area contributed by atoms with E-state index < -0.39 is 16.9 Å². The van der Waals surface area contributed by atoms with Crippen molar-refractivity contribution in [1.82, 2.24) is 10.6 Å². The van der Waals surface area contributed by atoms with Crippen molar-refractivity contribution in [1.29, 1.82) is 0 Å². The lowest BCUT2D eigenvalue weighted by Gasteiger charge is -2.19. The molecule has 1 atom stereocenters. The van der Waals surface area contributed by atoms with Crippen LogP contribution in [0.25, 0.3) is 0 Å². The van der Waals surface area contributed by atoms with Crippen LogP contribution in [-0.2, 0) is 11.3 Å². The number of anilines is 1. The Bertz CT molecular complexity index is 936. The van der Waals surface area contributed by atoms with Gasteiger partial charge in [-0.15, -0.1) is 0 Å². The van der Waals surface area contributed by atoms with Gasteiger partial charge in [0.15, 0.2) is 11.5 Å². The van der Waals surface area contributed by atoms with E-state index in [4.69, 9.17) is 9.47 Å². The Morgan fingerprint density at radius 2 is 1.94 bits per heavy atom. The first-order valence-corrected chi connectivity index (χ1v) is 9.25. The second-order valence-corrected chi connectivity index (χ2v) is 6.41. The molecule has 0 radical (unpaired) electrons. The Morgan fingerprint density at radius 3 is 2.55 bits per heavy atom. The largest absolute Gasteiger partial charge is 0.493 e. The summed E-state index contributed by atoms with van der Waals surface area (Å²) in [6.07, 6.45) is 0.483. The number of methoxy groups -OCH3 is 2. The molecule has 11 nitrogen and oxygen atoms in total. The zero-order valence-electron chi connectivity index (χ0n) is 17.1. The molecule has 31 heavy (non-hydrogen) atoms. The fraction of sp³-hybridized carbons (Fsp3) is 0.300. The number of rotatable bonds is 12. The highest BCUT2D eigenvalue weighted by Crippen LogP contribution is 2.28. The van der Waals surface area contributed by atoms with Crippen molar-refractivity contribution < 1.29 is 29.1 Å². The minimum Gasteiger partial charge on any atom is -0.493 e. The normalized spacial score (nSPS) is 11.2. The zero-order chi connectivity index (χ0) is 22.8. The average Bonchev–Trinajstić information content (AvgIpc) is 2.79. The van der Waals surface area contributed by atoms with Gasteiger partial charge in [-0.05, 0) is 23.8 Å². The number of carbonyl (C=O) groups is 2. The second-order valence-electron chi connectivity index (χ2n) is 6.41. The van der Waals surface area contributed by atoms with Crippen LogP contribution in [0, 0.1) is 10.1 Å². The zero-order valence-corrected chi connectivity index (χ0v) is 17.1. The molecule has 2 aromatic rings. The molecule has 2 rings (SSSR count). The van der Waals surface area contributed by atoms with E-state index in [9.17, 15) is 24.8 Å². The molecule has 0 saturated carbocycles. The molecular weight excluding hydrogens is 408 g/mol. The third-order valence-corrected chi connectivity index (χ3v) is 4.39. The van der Waals surface area contributed by atoms with E-state index in [1.54, 1.807) is 18.2 Å². The minimum absolute atomic E-state index is 0.0271. The van der Waals surface area contributed by atoms with Crippen LogP contribution < -0.4 is 25.4 Å². The summed E-state index contributed by atoms with van der Waals surface area (Å²) in [5.41, 5.74) is 0.782. The summed E-state index contributed by atoms with van der Waals surface area (Å²) < 4.78 is 10.4. The number of aliphatic hydroxyl groups excluding tert-OH is 1. The third kappa shape index (κ3) is 6.31. The highest BCUT2D eigenvalue weighted by Gasteiger charge is 2.19. The van der Waals surface area contributed by atoms with Gasteiger partial charge in [0.2, 0.25) is 6.41 Å². The number of nitrogens with zero attached hydrogens (tertiary/aromatic N) is 1. The number of nitrogens with one attached hydrogen (secondary N) is 3. The van der Waals surface area contributed by atoms with Crippen LogP contribution in [0.2, 0.25) is 0 Å². The maximum absolute atomic E-state index is 12.8. The maximum Gasteiger partial charge on any atom is 0.270 e. The van der Waals surface area contributed by atoms with E-state index in [0.29, 0.717) is 17.9 Å². The van der Waals surface area contributed by atoms with Crippen molar-refractivity contribution in [3.63, 3.8) is 0 Å². The van der Waals surface area contributed by atoms with Gasteiger partial charge in [-0.25, -0.2) is 0 Å². The molecule has 0 aliphatic carbocycles. The smallest absolute Gasteiger partial charge is 0.270 e. The molecule has 0 aromatic heterocycles. The molecule has 2 aromatic carbocycles. The number of ether oxygens (including phenoxy) is 2. The molecule has 0 aliphatic heterocycles. The van der Waals surface area contributed by atoms with Gasteiger partial charge in [0.05, 0.1) is 37.4 Å². The van der Waals surface area contributed by atoms with E-state index in [1.807, 2.05) is 0 Å². The van der Waals surface area contributed by atoms with Gasteiger partial charge < -0.3 is 30.5 Å². The van der Waals surface area contributed by atoms with Gasteiger partial charge in [0, 0.05) is 30.9 Å². The lowest BCUT2D eigenvalue weighted by Crippen LogP contribution is -2.36. The van der Waals surface area contributed by atoms with Gasteiger partial charge >= 0.3 is 0 Å². The first-order chi connectivity index (χ1) is 14.9. The van der Waals surface area contributed by atoms with E-state index in [2.05, 4.69) is 16.0 Å². The van der Waals surface area contributed by atoms with Crippen LogP contribution in [0.5, 0.6) is 11.5 Å². The highest BCUT2D eigenvalue weighted by molar-refractivity contribution is 6.00. The van der Waals surface area contributed by atoms with Crippen LogP contribution in [0.4, 0.5) is 11.4 Å². The van der Waals surface area contributed by atoms with Gasteiger partial charge in [0.25, 0.3) is 11.6 Å². The van der Waals surface area contributed by atoms with E-state index in [0.717, 1.165) is 11.6 Å². The number of benzene rings is 2. The molecule has 166 valence electrons. The molecule has 4 N–H and O–H groups in total. The number of hydrogen-bond donors (Lipinski definition) is 4. The number of nitro groups is 1. The van der Waals surface area contributed by atoms with Crippen molar-refractivity contribution in [2.24, 2.45) is 0 Å². The molecule has 0 saturated heterocycles. The van der Waals surface area contributed by atoms with Crippen LogP contribution in [-0.4, -0.2) is 55.8 Å². The minimum atomic E-state index is -0.605. The monoisotopic (exact) mass is 432 g/mol. The number of carbonyl (C=O) groups excluding carboxylic acids is 2. The lowest BCUT2D eigenvalue weighted by atomic mass is 10.1. The van der Waals surface area contributed by atoms with Crippen LogP contribution >= 0.6 is 0 Å². The number of aliphatic hydroxyl groups is 1. The van der Waals surface area contributed by atoms with Crippen molar-refractivity contribution in [2.75, 3.05) is 32.7 Å². The van der Waals surface area contributed by atoms with Crippen LogP contribution in [0.15, 0.2) is 36.4 Å². The third-order valence-electron chi connectivity index (χ3n) is 4.39. The maximum atomic E-state index is 12.8. The molecule has 0 bridgehead atoms. The summed E-state index contributed by atoms with van der Waals surface area (Å²) in [5.74, 6) is 0.489. The number of hydrogen-bond acceptors (Lipinski definition) is 8. The first kappa shape index (κ1) is 23.4. The summed E-state index contributed by atoms with van der Waals surface area (Å²) in [6.45, 7) is -0.0916. The lowest BCUT2D eigenvalue weighted by molar-refractivity contribution is -0.384. The van der Waals surface area contributed by atoms with E-state index in [-0.39, 0.29) is 36.6 Å². The topological polar surface area (TPSA) is 152 Å². The standard InChI is InChI=1S/C20H24N4O7/c1-30-18-6-3-13(7-19(18)31-2)9-22-20(27)16-8-15(24(28)29)4-5-17(16)23-14(11-25)10-21-12-26/h3-8,12,14,23,25H,9-11H2,1-2H3,(H,21,26)(H,22,27). The Kier molecular flexibility index (Phi) is 8.58. The van der Waals surface area contributed by atoms with Gasteiger partial charge in [-0.2, -0.15) is 0 Å². The predicted molar refractivity (Wildman–Crippen MR) is 112 cm³/mol. The van der Waals surface area contributed by atoms with Crippen molar-refractivity contribution in [3.05, 3.63) is 57.6 Å². The quantitative estimate of drug-likeness (QED) is 0.221. The number of amides is 2. The molecule has 2 amide bonds. The molecule has 0 spiro atoms. The predicted octanol–water partition coefficient (Wildman–Crippen LogP) is 1.06. The highest BCUT2D eigenvalue weighted by atomic mass is 16.6. The van der Waals surface area contributed by atoms with E-state index in [1.165, 1.54) is 26.4 Å². The molecule has 1 unspecified atom stereocenters. The SMILES string of the molecule is COc1ccc(CNC(=O)c2cc([N+](=O)[O-])ccc2NC(CO)CNC=O)cc1OC. The second kappa shape index (κ2) is 11.4. The molecule has 11 heteroatoms. The summed E-state index contributed by atoms with van der Waals surface area (Å²) in [5, 5.41) is 28.7. The van der Waals surface area contributed by atoms with Crippen LogP contribution in [0.1, 0.15) is 15.9 Å². The average molecular weight is 432 g/mol. The molecule has 0 heterocycles. The first-order valence-electron chi connectivity index (χ1n) is 9.25. The van der Waals surface area contributed by atoms with Crippen LogP contribution in [0.3, 0.4) is 0 Å². The van der Waals surface area contributed by atoms with Gasteiger partial charge in [0.1, 0.15) is 0 Å². The summed E-state index contributed by atoms with van der Waals surface area (Å²) in [7, 11) is 3.01. The molecule has 0 aliphatic rings. The fourth-order valence-electron chi connectivity index (χ4n) is 2.80. The Hall–Kier alpha value is -3.86. The molecule has 0 fully saturated rings. The number of nitro benzene ring substituents is 1. The Balaban J connectivity index is 2.23. The van der Waals surface area contributed by atoms with Crippen molar-refractivity contribution in [2.45, 2.75) is 12.6 Å². The van der Waals surface area contributed by atoms with Crippen molar-refractivity contribution >= 4 is 23.7 Å². The summed E-state index contributed by atoms with van der Waals surface area (Å²) in [4.78, 5) is 33.9. The summed E-state index contributed by atoms with van der Waals surface area (Å²) >= 11 is 0. The number of non-ortho nitro benzene ring substituents is 1. The molecular formula is C20H24N4O7. The Morgan fingerprint density at radius 1 is 1.19 bits per heavy atom.